The fourth-order valence-corrected chi connectivity index (χ4v) is 2.76. The maximum absolute atomic E-state index is 13.8. The number of halogens is 3. The maximum atomic E-state index is 13.8. The fraction of sp³-hybridized carbons (Fsp3) is 0.188. The molecular weight excluding hydrogens is 296 g/mol. The lowest BCUT2D eigenvalue weighted by Gasteiger charge is -2.19. The first-order valence-corrected chi connectivity index (χ1v) is 7.00. The van der Waals surface area contributed by atoms with Gasteiger partial charge in [0.2, 0.25) is 5.91 Å². The quantitative estimate of drug-likeness (QED) is 0.829. The number of amides is 1. The summed E-state index contributed by atoms with van der Waals surface area (Å²) in [7, 11) is 0. The minimum absolute atomic E-state index is 0.0196. The van der Waals surface area contributed by atoms with Crippen LogP contribution in [-0.4, -0.2) is 5.91 Å². The first-order chi connectivity index (χ1) is 10.1. The van der Waals surface area contributed by atoms with E-state index in [1.54, 1.807) is 12.1 Å². The van der Waals surface area contributed by atoms with Crippen molar-refractivity contribution < 1.29 is 13.6 Å². The van der Waals surface area contributed by atoms with Gasteiger partial charge in [-0.05, 0) is 29.7 Å². The summed E-state index contributed by atoms with van der Waals surface area (Å²) >= 11 is 6.29. The highest BCUT2D eigenvalue weighted by Crippen LogP contribution is 2.34. The monoisotopic (exact) mass is 307 g/mol. The summed E-state index contributed by atoms with van der Waals surface area (Å²) in [6.45, 7) is 0. The molecule has 5 heteroatoms. The molecule has 21 heavy (non-hydrogen) atoms. The minimum atomic E-state index is -0.927. The molecule has 0 saturated carbocycles. The van der Waals surface area contributed by atoms with Crippen LogP contribution >= 0.6 is 11.6 Å². The molecule has 0 saturated heterocycles. The van der Waals surface area contributed by atoms with E-state index < -0.39 is 17.0 Å². The summed E-state index contributed by atoms with van der Waals surface area (Å²) in [4.78, 5) is 11.3. The lowest BCUT2D eigenvalue weighted by Crippen LogP contribution is -2.19. The zero-order valence-electron chi connectivity index (χ0n) is 11.0. The van der Waals surface area contributed by atoms with Crippen LogP contribution in [-0.2, 0) is 11.2 Å². The third-order valence-corrected chi connectivity index (χ3v) is 4.06. The van der Waals surface area contributed by atoms with Gasteiger partial charge in [-0.2, -0.15) is 0 Å². The van der Waals surface area contributed by atoms with Crippen molar-refractivity contribution in [2.75, 3.05) is 5.32 Å². The number of hydrogen-bond acceptors (Lipinski definition) is 1. The second-order valence-electron chi connectivity index (χ2n) is 4.97. The highest BCUT2D eigenvalue weighted by molar-refractivity contribution is 6.22. The molecule has 0 aliphatic carbocycles. The Labute approximate surface area is 125 Å². The van der Waals surface area contributed by atoms with Crippen LogP contribution in [0.4, 0.5) is 14.5 Å². The summed E-state index contributed by atoms with van der Waals surface area (Å²) in [6.07, 6.45) is 1.03. The molecule has 1 atom stereocenters. The number of fused-ring (bicyclic) bond motifs is 1. The Morgan fingerprint density at radius 3 is 2.76 bits per heavy atom. The maximum Gasteiger partial charge on any atom is 0.224 e. The molecule has 0 bridgehead atoms. The van der Waals surface area contributed by atoms with Crippen LogP contribution in [0.2, 0.25) is 0 Å². The summed E-state index contributed by atoms with van der Waals surface area (Å²) in [5.41, 5.74) is 2.49. The number of benzene rings is 2. The predicted molar refractivity (Wildman–Crippen MR) is 77.4 cm³/mol. The number of carbonyl (C=O) groups is 1. The Balaban J connectivity index is 1.97. The number of nitrogens with one attached hydrogen (secondary N) is 1. The van der Waals surface area contributed by atoms with E-state index in [-0.39, 0.29) is 11.5 Å². The smallest absolute Gasteiger partial charge is 0.224 e. The predicted octanol–water partition coefficient (Wildman–Crippen LogP) is 4.18. The van der Waals surface area contributed by atoms with E-state index in [1.165, 1.54) is 12.1 Å². The van der Waals surface area contributed by atoms with E-state index in [9.17, 15) is 13.6 Å². The molecule has 1 N–H and O–H groups in total. The molecule has 0 aromatic heterocycles. The average molecular weight is 308 g/mol. The standard InChI is InChI=1S/C16H12ClF2NO/c17-15(11-2-1-3-12(18)16(11)19)10-4-6-13-9(8-10)5-7-14(21)20-13/h1-4,6,8,15H,5,7H2,(H,20,21). The van der Waals surface area contributed by atoms with Crippen LogP contribution in [0.25, 0.3) is 0 Å². The molecule has 3 rings (SSSR count). The van der Waals surface area contributed by atoms with Gasteiger partial charge >= 0.3 is 0 Å². The first-order valence-electron chi connectivity index (χ1n) is 6.57. The van der Waals surface area contributed by atoms with Crippen LogP contribution in [0.3, 0.4) is 0 Å². The molecule has 1 aliphatic rings. The largest absolute Gasteiger partial charge is 0.326 e. The van der Waals surface area contributed by atoms with Crippen LogP contribution in [0.15, 0.2) is 36.4 Å². The summed E-state index contributed by atoms with van der Waals surface area (Å²) < 4.78 is 27.1. The molecule has 2 aromatic carbocycles. The van der Waals surface area contributed by atoms with Gasteiger partial charge in [0, 0.05) is 17.7 Å². The van der Waals surface area contributed by atoms with Gasteiger partial charge in [-0.25, -0.2) is 8.78 Å². The zero-order valence-corrected chi connectivity index (χ0v) is 11.8. The van der Waals surface area contributed by atoms with Crippen LogP contribution in [0, 0.1) is 11.6 Å². The number of carbonyl (C=O) groups excluding carboxylic acids is 1. The van der Waals surface area contributed by atoms with Crippen molar-refractivity contribution in [2.45, 2.75) is 18.2 Å². The zero-order chi connectivity index (χ0) is 15.0. The summed E-state index contributed by atoms with van der Waals surface area (Å²) in [5, 5.41) is 2.00. The number of hydrogen-bond donors (Lipinski definition) is 1. The van der Waals surface area contributed by atoms with Crippen LogP contribution < -0.4 is 5.32 Å². The Hall–Kier alpha value is -1.94. The summed E-state index contributed by atoms with van der Waals surface area (Å²) in [5.74, 6) is -1.86. The Kier molecular flexibility index (Phi) is 3.64. The lowest BCUT2D eigenvalue weighted by molar-refractivity contribution is -0.116. The molecule has 1 unspecified atom stereocenters. The summed E-state index contributed by atoms with van der Waals surface area (Å²) in [6, 6.07) is 9.25. The van der Waals surface area contributed by atoms with Gasteiger partial charge < -0.3 is 5.32 Å². The molecule has 2 aromatic rings. The van der Waals surface area contributed by atoms with Gasteiger partial charge in [0.1, 0.15) is 0 Å². The number of rotatable bonds is 2. The molecule has 1 aliphatic heterocycles. The average Bonchev–Trinajstić information content (AvgIpc) is 2.49. The van der Waals surface area contributed by atoms with Crippen molar-refractivity contribution in [1.29, 1.82) is 0 Å². The number of aryl methyl sites for hydroxylation is 1. The van der Waals surface area contributed by atoms with E-state index in [0.717, 1.165) is 17.3 Å². The van der Waals surface area contributed by atoms with Gasteiger partial charge in [0.15, 0.2) is 11.6 Å². The molecule has 0 radical (unpaired) electrons. The minimum Gasteiger partial charge on any atom is -0.326 e. The molecule has 1 amide bonds. The SMILES string of the molecule is O=C1CCc2cc(C(Cl)c3cccc(F)c3F)ccc2N1. The van der Waals surface area contributed by atoms with E-state index >= 15 is 0 Å². The number of alkyl halides is 1. The van der Waals surface area contributed by atoms with Gasteiger partial charge in [-0.1, -0.05) is 24.3 Å². The van der Waals surface area contributed by atoms with Crippen molar-refractivity contribution >= 4 is 23.2 Å². The molecule has 0 spiro atoms. The van der Waals surface area contributed by atoms with Gasteiger partial charge in [-0.3, -0.25) is 4.79 Å². The second-order valence-corrected chi connectivity index (χ2v) is 5.41. The van der Waals surface area contributed by atoms with E-state index in [1.807, 2.05) is 6.07 Å². The topological polar surface area (TPSA) is 29.1 Å². The van der Waals surface area contributed by atoms with E-state index in [0.29, 0.717) is 18.4 Å². The van der Waals surface area contributed by atoms with E-state index in [4.69, 9.17) is 11.6 Å². The molecule has 0 fully saturated rings. The van der Waals surface area contributed by atoms with Crippen molar-refractivity contribution in [3.05, 3.63) is 64.7 Å². The van der Waals surface area contributed by atoms with Crippen molar-refractivity contribution in [3.8, 4) is 0 Å². The third-order valence-electron chi connectivity index (χ3n) is 3.57. The van der Waals surface area contributed by atoms with Gasteiger partial charge in [0.05, 0.1) is 5.38 Å². The highest BCUT2D eigenvalue weighted by Gasteiger charge is 2.20. The normalized spacial score (nSPS) is 15.3. The van der Waals surface area contributed by atoms with Crippen LogP contribution in [0.1, 0.15) is 28.5 Å². The second kappa shape index (κ2) is 5.45. The molecular formula is C16H12ClF2NO. The number of anilines is 1. The van der Waals surface area contributed by atoms with E-state index in [2.05, 4.69) is 5.32 Å². The Bertz CT molecular complexity index is 717. The van der Waals surface area contributed by atoms with Gasteiger partial charge in [-0.15, -0.1) is 11.6 Å². The lowest BCUT2D eigenvalue weighted by atomic mass is 9.96. The molecule has 2 nitrogen and oxygen atoms in total. The van der Waals surface area contributed by atoms with Gasteiger partial charge in [0.25, 0.3) is 0 Å². The van der Waals surface area contributed by atoms with Crippen molar-refractivity contribution in [3.63, 3.8) is 0 Å². The highest BCUT2D eigenvalue weighted by atomic mass is 35.5. The molecule has 108 valence electrons. The molecule has 1 heterocycles. The van der Waals surface area contributed by atoms with Crippen molar-refractivity contribution in [2.24, 2.45) is 0 Å². The Morgan fingerprint density at radius 2 is 1.95 bits per heavy atom. The van der Waals surface area contributed by atoms with Crippen LogP contribution in [0.5, 0.6) is 0 Å². The first kappa shape index (κ1) is 14.0. The third kappa shape index (κ3) is 2.63. The Morgan fingerprint density at radius 1 is 1.14 bits per heavy atom. The fourth-order valence-electron chi connectivity index (χ4n) is 2.46. The van der Waals surface area contributed by atoms with Crippen molar-refractivity contribution in [1.82, 2.24) is 0 Å².